The van der Waals surface area contributed by atoms with Crippen molar-refractivity contribution in [3.63, 3.8) is 0 Å². The fourth-order valence-electron chi connectivity index (χ4n) is 1.01. The van der Waals surface area contributed by atoms with Gasteiger partial charge >= 0.3 is 0 Å². The van der Waals surface area contributed by atoms with Crippen molar-refractivity contribution in [1.29, 1.82) is 0 Å². The van der Waals surface area contributed by atoms with E-state index in [1.54, 1.807) is 18.5 Å². The number of ether oxygens (including phenoxy) is 1. The summed E-state index contributed by atoms with van der Waals surface area (Å²) < 4.78 is 6.48. The maximum atomic E-state index is 5.51. The van der Waals surface area contributed by atoms with Crippen molar-refractivity contribution in [2.75, 3.05) is 0 Å². The van der Waals surface area contributed by atoms with Crippen molar-refractivity contribution in [3.05, 3.63) is 53.3 Å². The first-order chi connectivity index (χ1) is 6.84. The van der Waals surface area contributed by atoms with Crippen LogP contribution in [0.5, 0.6) is 11.5 Å². The van der Waals surface area contributed by atoms with Crippen LogP contribution in [-0.4, -0.2) is 4.98 Å². The van der Waals surface area contributed by atoms with Crippen molar-refractivity contribution in [3.8, 4) is 11.5 Å². The van der Waals surface area contributed by atoms with Gasteiger partial charge in [0, 0.05) is 16.7 Å². The molecule has 2 nitrogen and oxygen atoms in total. The summed E-state index contributed by atoms with van der Waals surface area (Å²) >= 11 is 3.36. The van der Waals surface area contributed by atoms with Gasteiger partial charge in [0.15, 0.2) is 0 Å². The molecule has 1 aromatic heterocycles. The van der Waals surface area contributed by atoms with Gasteiger partial charge in [0.25, 0.3) is 0 Å². The van der Waals surface area contributed by atoms with Crippen molar-refractivity contribution in [1.82, 2.24) is 4.98 Å². The molecule has 0 saturated carbocycles. The fourth-order valence-corrected chi connectivity index (χ4v) is 1.35. The zero-order chi connectivity index (χ0) is 9.80. The van der Waals surface area contributed by atoms with E-state index in [0.29, 0.717) is 11.5 Å². The molecule has 1 radical (unpaired) electrons. The molecule has 0 aliphatic heterocycles. The summed E-state index contributed by atoms with van der Waals surface area (Å²) in [6.07, 6.45) is 3.37. The molecule has 0 spiro atoms. The number of rotatable bonds is 2. The molecule has 0 atom stereocenters. The highest BCUT2D eigenvalue weighted by molar-refractivity contribution is 9.10. The third-order valence-electron chi connectivity index (χ3n) is 1.60. The summed E-state index contributed by atoms with van der Waals surface area (Å²) in [5.41, 5.74) is 0. The monoisotopic (exact) mass is 248 g/mol. The zero-order valence-electron chi connectivity index (χ0n) is 7.27. The summed E-state index contributed by atoms with van der Waals surface area (Å²) in [6.45, 7) is 0. The predicted octanol–water partition coefficient (Wildman–Crippen LogP) is 3.44. The lowest BCUT2D eigenvalue weighted by atomic mass is 10.3. The molecule has 1 aromatic carbocycles. The zero-order valence-corrected chi connectivity index (χ0v) is 8.86. The maximum Gasteiger partial charge on any atom is 0.145 e. The van der Waals surface area contributed by atoms with Gasteiger partial charge in [-0.2, -0.15) is 0 Å². The molecule has 1 heterocycles. The Balaban J connectivity index is 2.19. The van der Waals surface area contributed by atoms with E-state index in [2.05, 4.69) is 27.0 Å². The average Bonchev–Trinajstić information content (AvgIpc) is 2.19. The van der Waals surface area contributed by atoms with Crippen LogP contribution in [0.1, 0.15) is 0 Å². The first-order valence-electron chi connectivity index (χ1n) is 4.10. The Kier molecular flexibility index (Phi) is 2.79. The van der Waals surface area contributed by atoms with Gasteiger partial charge in [0.2, 0.25) is 0 Å². The molecular formula is C11H7BrNO. The van der Waals surface area contributed by atoms with E-state index in [1.165, 1.54) is 0 Å². The van der Waals surface area contributed by atoms with Crippen molar-refractivity contribution in [2.45, 2.75) is 0 Å². The van der Waals surface area contributed by atoms with Gasteiger partial charge in [0.1, 0.15) is 11.5 Å². The van der Waals surface area contributed by atoms with Crippen molar-refractivity contribution < 1.29 is 4.74 Å². The van der Waals surface area contributed by atoms with Gasteiger partial charge in [-0.1, -0.05) is 15.9 Å². The normalized spacial score (nSPS) is 9.79. The van der Waals surface area contributed by atoms with E-state index >= 15 is 0 Å². The molecule has 14 heavy (non-hydrogen) atoms. The summed E-state index contributed by atoms with van der Waals surface area (Å²) in [4.78, 5) is 3.95. The number of benzene rings is 1. The van der Waals surface area contributed by atoms with Crippen LogP contribution in [-0.2, 0) is 0 Å². The molecule has 0 saturated heterocycles. The molecule has 69 valence electrons. The van der Waals surface area contributed by atoms with Crippen LogP contribution in [0.2, 0.25) is 0 Å². The second-order valence-corrected chi connectivity index (χ2v) is 3.58. The second-order valence-electron chi connectivity index (χ2n) is 2.66. The van der Waals surface area contributed by atoms with Crippen LogP contribution in [0.4, 0.5) is 0 Å². The number of aromatic nitrogens is 1. The van der Waals surface area contributed by atoms with Crippen LogP contribution in [0.25, 0.3) is 0 Å². The predicted molar refractivity (Wildman–Crippen MR) is 57.3 cm³/mol. The highest BCUT2D eigenvalue weighted by Crippen LogP contribution is 2.22. The quantitative estimate of drug-likeness (QED) is 0.813. The molecule has 0 aliphatic carbocycles. The van der Waals surface area contributed by atoms with E-state index < -0.39 is 0 Å². The largest absolute Gasteiger partial charge is 0.455 e. The topological polar surface area (TPSA) is 22.1 Å². The van der Waals surface area contributed by atoms with Gasteiger partial charge in [0.05, 0.1) is 6.20 Å². The third kappa shape index (κ3) is 2.33. The Morgan fingerprint density at radius 2 is 2.29 bits per heavy atom. The number of hydrogen-bond acceptors (Lipinski definition) is 2. The van der Waals surface area contributed by atoms with Crippen molar-refractivity contribution in [2.24, 2.45) is 0 Å². The van der Waals surface area contributed by atoms with Crippen LogP contribution in [0.3, 0.4) is 0 Å². The van der Waals surface area contributed by atoms with Gasteiger partial charge in [-0.15, -0.1) is 0 Å². The van der Waals surface area contributed by atoms with E-state index in [-0.39, 0.29) is 0 Å². The lowest BCUT2D eigenvalue weighted by molar-refractivity contribution is 0.479. The molecular weight excluding hydrogens is 242 g/mol. The summed E-state index contributed by atoms with van der Waals surface area (Å²) in [6, 6.07) is 12.2. The highest BCUT2D eigenvalue weighted by Gasteiger charge is 1.96. The lowest BCUT2D eigenvalue weighted by Crippen LogP contribution is -1.84. The molecule has 0 unspecified atom stereocenters. The SMILES string of the molecule is Brc1cc[c]c(Oc2cccnc2)c1. The third-order valence-corrected chi connectivity index (χ3v) is 2.09. The summed E-state index contributed by atoms with van der Waals surface area (Å²) in [5, 5.41) is 0. The van der Waals surface area contributed by atoms with Gasteiger partial charge in [-0.05, 0) is 30.3 Å². The minimum absolute atomic E-state index is 0.673. The van der Waals surface area contributed by atoms with Crippen LogP contribution in [0, 0.1) is 6.07 Å². The molecule has 3 heteroatoms. The smallest absolute Gasteiger partial charge is 0.145 e. The summed E-state index contributed by atoms with van der Waals surface area (Å²) in [7, 11) is 0. The van der Waals surface area contributed by atoms with Gasteiger partial charge in [-0.25, -0.2) is 0 Å². The number of pyridine rings is 1. The Hall–Kier alpha value is -1.35. The second kappa shape index (κ2) is 4.24. The maximum absolute atomic E-state index is 5.51. The van der Waals surface area contributed by atoms with E-state index in [0.717, 1.165) is 4.47 Å². The van der Waals surface area contributed by atoms with Gasteiger partial charge < -0.3 is 4.74 Å². The number of hydrogen-bond donors (Lipinski definition) is 0. The minimum Gasteiger partial charge on any atom is -0.455 e. The molecule has 0 amide bonds. The van der Waals surface area contributed by atoms with Crippen LogP contribution in [0.15, 0.2) is 47.2 Å². The van der Waals surface area contributed by atoms with Crippen LogP contribution >= 0.6 is 15.9 Å². The molecule has 0 fully saturated rings. The van der Waals surface area contributed by atoms with Crippen molar-refractivity contribution >= 4 is 15.9 Å². The highest BCUT2D eigenvalue weighted by atomic mass is 79.9. The van der Waals surface area contributed by atoms with Gasteiger partial charge in [-0.3, -0.25) is 4.98 Å². The number of halogens is 1. The Bertz CT molecular complexity index is 417. The first kappa shape index (κ1) is 9.21. The molecule has 0 bridgehead atoms. The van der Waals surface area contributed by atoms with E-state index in [1.807, 2.05) is 24.3 Å². The summed E-state index contributed by atoms with van der Waals surface area (Å²) in [5.74, 6) is 1.38. The van der Waals surface area contributed by atoms with Crippen LogP contribution < -0.4 is 4.74 Å². The Labute approximate surface area is 90.7 Å². The molecule has 0 aliphatic rings. The first-order valence-corrected chi connectivity index (χ1v) is 4.89. The average molecular weight is 249 g/mol. The molecule has 2 aromatic rings. The Morgan fingerprint density at radius 3 is 3.00 bits per heavy atom. The van der Waals surface area contributed by atoms with E-state index in [9.17, 15) is 0 Å². The Morgan fingerprint density at radius 1 is 1.36 bits per heavy atom. The standard InChI is InChI=1S/C11H7BrNO/c12-9-3-1-4-10(7-9)14-11-5-2-6-13-8-11/h1-3,5-8H. The fraction of sp³-hybridized carbons (Fsp3) is 0. The minimum atomic E-state index is 0.673. The van der Waals surface area contributed by atoms with E-state index in [4.69, 9.17) is 4.74 Å². The molecule has 2 rings (SSSR count). The number of nitrogens with zero attached hydrogens (tertiary/aromatic N) is 1. The molecule has 0 N–H and O–H groups in total. The lowest BCUT2D eigenvalue weighted by Gasteiger charge is -2.03.